The van der Waals surface area contributed by atoms with Crippen molar-refractivity contribution in [3.8, 4) is 16.9 Å². The zero-order valence-corrected chi connectivity index (χ0v) is 33.5. The van der Waals surface area contributed by atoms with E-state index in [0.717, 1.165) is 40.5 Å². The maximum absolute atomic E-state index is 15.0. The predicted molar refractivity (Wildman–Crippen MR) is 213 cm³/mol. The number of halogens is 8. The van der Waals surface area contributed by atoms with Gasteiger partial charge >= 0.3 is 0 Å². The standard InChI is InChI=1S/C40H31ClF7N9O4S/c1-62(60,61)54-38-34-25(41)9-11-30(35(34)56(53-38)17-32(45)46)57-39(51-37-24(40(57)59)8-10-27(50-37)23-4-2-3-5-26(23)44)29(14-19-12-21(42)15-22(43)13-19)49-33(58)18-55-31(36(47)48)16-28(52-55)20-6-7-20/h2-5,8-13,15-16,20,29,32,36H,6-7,14,17-18H2,1H3,(H,49,58)(H,53,54)/t29-/m0/s1. The number of fused-ring (bicyclic) bond motifs is 2. The Labute approximate surface area is 351 Å². The molecule has 0 saturated heterocycles. The van der Waals surface area contributed by atoms with Crippen molar-refractivity contribution in [3.63, 3.8) is 0 Å². The van der Waals surface area contributed by atoms with Gasteiger partial charge in [0.15, 0.2) is 11.5 Å². The first-order chi connectivity index (χ1) is 29.4. The molecule has 322 valence electrons. The molecule has 7 aromatic rings. The molecule has 1 aliphatic rings. The van der Waals surface area contributed by atoms with Crippen LogP contribution in [0.1, 0.15) is 54.0 Å². The zero-order valence-electron chi connectivity index (χ0n) is 32.0. The van der Waals surface area contributed by atoms with Gasteiger partial charge in [-0.15, -0.1) is 0 Å². The Kier molecular flexibility index (Phi) is 11.3. The van der Waals surface area contributed by atoms with E-state index in [4.69, 9.17) is 11.6 Å². The summed E-state index contributed by atoms with van der Waals surface area (Å²) in [7, 11) is -4.11. The average molecular weight is 902 g/mol. The highest BCUT2D eigenvalue weighted by Crippen LogP contribution is 2.41. The summed E-state index contributed by atoms with van der Waals surface area (Å²) in [6, 6.07) is 12.7. The molecule has 1 saturated carbocycles. The molecule has 13 nitrogen and oxygen atoms in total. The van der Waals surface area contributed by atoms with Gasteiger partial charge in [-0.2, -0.15) is 10.2 Å². The summed E-state index contributed by atoms with van der Waals surface area (Å²) >= 11 is 6.56. The van der Waals surface area contributed by atoms with E-state index < -0.39 is 94.7 Å². The molecule has 4 heterocycles. The van der Waals surface area contributed by atoms with Crippen LogP contribution in [0.2, 0.25) is 5.02 Å². The van der Waals surface area contributed by atoms with Crippen molar-refractivity contribution in [3.05, 3.63) is 128 Å². The van der Waals surface area contributed by atoms with Crippen molar-refractivity contribution in [2.75, 3.05) is 11.0 Å². The molecule has 22 heteroatoms. The molecule has 1 fully saturated rings. The van der Waals surface area contributed by atoms with E-state index in [1.165, 1.54) is 48.5 Å². The normalized spacial score (nSPS) is 13.7. The number of anilines is 1. The molecule has 0 radical (unpaired) electrons. The van der Waals surface area contributed by atoms with E-state index in [-0.39, 0.29) is 55.4 Å². The Morgan fingerprint density at radius 1 is 0.919 bits per heavy atom. The number of pyridine rings is 1. The van der Waals surface area contributed by atoms with Gasteiger partial charge < -0.3 is 5.32 Å². The first-order valence-corrected chi connectivity index (χ1v) is 20.9. The number of hydrogen-bond acceptors (Lipinski definition) is 8. The quantitative estimate of drug-likeness (QED) is 0.106. The number of sulfonamides is 1. The third-order valence-electron chi connectivity index (χ3n) is 9.91. The minimum Gasteiger partial charge on any atom is -0.344 e. The third kappa shape index (κ3) is 8.71. The minimum atomic E-state index is -4.11. The lowest BCUT2D eigenvalue weighted by molar-refractivity contribution is -0.122. The Morgan fingerprint density at radius 2 is 1.65 bits per heavy atom. The second-order valence-electron chi connectivity index (χ2n) is 14.6. The highest BCUT2D eigenvalue weighted by Gasteiger charge is 2.32. The van der Waals surface area contributed by atoms with Crippen molar-refractivity contribution in [1.82, 2.24) is 39.4 Å². The van der Waals surface area contributed by atoms with Crippen molar-refractivity contribution in [1.29, 1.82) is 0 Å². The lowest BCUT2D eigenvalue weighted by atomic mass is 10.0. The summed E-state index contributed by atoms with van der Waals surface area (Å²) in [6.07, 6.45) is -4.43. The van der Waals surface area contributed by atoms with Gasteiger partial charge in [-0.05, 0) is 73.0 Å². The van der Waals surface area contributed by atoms with Crippen LogP contribution in [0.5, 0.6) is 0 Å². The average Bonchev–Trinajstić information content (AvgIpc) is 3.86. The molecule has 2 N–H and O–H groups in total. The fourth-order valence-electron chi connectivity index (χ4n) is 7.20. The van der Waals surface area contributed by atoms with Gasteiger partial charge in [0.2, 0.25) is 15.9 Å². The van der Waals surface area contributed by atoms with Gasteiger partial charge in [0, 0.05) is 24.0 Å². The van der Waals surface area contributed by atoms with E-state index in [9.17, 15) is 44.3 Å². The number of nitrogens with zero attached hydrogens (tertiary/aromatic N) is 7. The van der Waals surface area contributed by atoms with Gasteiger partial charge in [-0.1, -0.05) is 23.7 Å². The van der Waals surface area contributed by atoms with Crippen molar-refractivity contribution in [2.45, 2.75) is 57.2 Å². The van der Waals surface area contributed by atoms with E-state index in [1.54, 1.807) is 6.07 Å². The largest absolute Gasteiger partial charge is 0.344 e. The van der Waals surface area contributed by atoms with Gasteiger partial charge in [0.05, 0.1) is 50.7 Å². The van der Waals surface area contributed by atoms with Crippen LogP contribution in [0.3, 0.4) is 0 Å². The lowest BCUT2D eigenvalue weighted by Gasteiger charge is -2.24. The lowest BCUT2D eigenvalue weighted by Crippen LogP contribution is -2.38. The summed E-state index contributed by atoms with van der Waals surface area (Å²) in [5, 5.41) is 10.3. The van der Waals surface area contributed by atoms with Crippen LogP contribution in [0.15, 0.2) is 77.6 Å². The van der Waals surface area contributed by atoms with Crippen LogP contribution >= 0.6 is 11.6 Å². The Morgan fingerprint density at radius 3 is 2.31 bits per heavy atom. The Hall–Kier alpha value is -6.35. The molecule has 1 aliphatic carbocycles. The Bertz CT molecular complexity index is 3060. The molecular formula is C40H31ClF7N9O4S. The van der Waals surface area contributed by atoms with Gasteiger partial charge in [-0.25, -0.2) is 49.1 Å². The van der Waals surface area contributed by atoms with Gasteiger partial charge in [0.1, 0.15) is 42.1 Å². The number of rotatable bonds is 14. The van der Waals surface area contributed by atoms with Crippen LogP contribution in [0.4, 0.5) is 36.6 Å². The third-order valence-corrected chi connectivity index (χ3v) is 10.8. The van der Waals surface area contributed by atoms with Crippen molar-refractivity contribution < 1.29 is 43.9 Å². The summed E-state index contributed by atoms with van der Waals surface area (Å²) in [5.41, 5.74) is -2.12. The molecule has 1 atom stereocenters. The van der Waals surface area contributed by atoms with Crippen LogP contribution < -0.4 is 15.6 Å². The zero-order chi connectivity index (χ0) is 44.2. The van der Waals surface area contributed by atoms with E-state index in [1.807, 2.05) is 0 Å². The number of nitrogens with one attached hydrogen (secondary N) is 2. The molecule has 0 unspecified atom stereocenters. The molecular weight excluding hydrogens is 871 g/mol. The highest BCUT2D eigenvalue weighted by molar-refractivity contribution is 7.92. The number of hydrogen-bond donors (Lipinski definition) is 2. The molecule has 0 bridgehead atoms. The van der Waals surface area contributed by atoms with Crippen molar-refractivity contribution >= 4 is 55.3 Å². The molecule has 4 aromatic heterocycles. The van der Waals surface area contributed by atoms with Crippen LogP contribution in [-0.4, -0.2) is 61.1 Å². The van der Waals surface area contributed by atoms with Crippen molar-refractivity contribution in [2.24, 2.45) is 0 Å². The number of benzene rings is 3. The van der Waals surface area contributed by atoms with E-state index >= 15 is 4.39 Å². The summed E-state index contributed by atoms with van der Waals surface area (Å²) in [6.45, 7) is -1.93. The highest BCUT2D eigenvalue weighted by atomic mass is 35.5. The number of amides is 1. The molecule has 62 heavy (non-hydrogen) atoms. The molecule has 0 aliphatic heterocycles. The fraction of sp³-hybridized carbons (Fsp3) is 0.250. The Balaban J connectivity index is 1.39. The molecule has 8 rings (SSSR count). The van der Waals surface area contributed by atoms with Gasteiger partial charge in [0.25, 0.3) is 18.4 Å². The summed E-state index contributed by atoms with van der Waals surface area (Å²) in [5.74, 6) is -4.67. The molecule has 1 amide bonds. The fourth-order valence-corrected chi connectivity index (χ4v) is 7.94. The first-order valence-electron chi connectivity index (χ1n) is 18.7. The summed E-state index contributed by atoms with van der Waals surface area (Å²) in [4.78, 5) is 38.1. The number of alkyl halides is 4. The maximum Gasteiger partial charge on any atom is 0.280 e. The van der Waals surface area contributed by atoms with E-state index in [2.05, 4.69) is 30.2 Å². The number of aromatic nitrogens is 7. The van der Waals surface area contributed by atoms with Crippen LogP contribution in [-0.2, 0) is 34.3 Å². The van der Waals surface area contributed by atoms with Crippen LogP contribution in [0.25, 0.3) is 38.9 Å². The SMILES string of the molecule is CS(=O)(=O)Nc1nn(CC(F)F)c2c(-n3c([C@H](Cc4cc(F)cc(F)c4)NC(=O)Cn4nc(C5CC5)cc4C(F)F)nc4nc(-c5ccccc5F)ccc4c3=O)ccc(Cl)c12. The number of carbonyl (C=O) groups excluding carboxylic acids is 1. The second-order valence-corrected chi connectivity index (χ2v) is 16.7. The topological polar surface area (TPSA) is 159 Å². The summed E-state index contributed by atoms with van der Waals surface area (Å²) < 4.78 is 131. The van der Waals surface area contributed by atoms with E-state index in [0.29, 0.717) is 16.4 Å². The second kappa shape index (κ2) is 16.5. The maximum atomic E-state index is 15.0. The molecule has 0 spiro atoms. The smallest absolute Gasteiger partial charge is 0.280 e. The minimum absolute atomic E-state index is 0.0165. The first kappa shape index (κ1) is 42.3. The molecule has 3 aromatic carbocycles. The monoisotopic (exact) mass is 901 g/mol. The van der Waals surface area contributed by atoms with Gasteiger partial charge in [-0.3, -0.25) is 28.2 Å². The predicted octanol–water partition coefficient (Wildman–Crippen LogP) is 7.62. The van der Waals surface area contributed by atoms with Crippen LogP contribution in [0, 0.1) is 17.5 Å². The number of carbonyl (C=O) groups is 1.